The largest absolute Gasteiger partial charge is 0.504 e. The minimum Gasteiger partial charge on any atom is -0.504 e. The summed E-state index contributed by atoms with van der Waals surface area (Å²) in [5.74, 6) is 1.23. The molecule has 0 saturated carbocycles. The molecule has 0 amide bonds. The van der Waals surface area contributed by atoms with Crippen LogP contribution in [-0.2, 0) is 29.5 Å². The Labute approximate surface area is 193 Å². The van der Waals surface area contributed by atoms with E-state index >= 15 is 0 Å². The van der Waals surface area contributed by atoms with Gasteiger partial charge in [0.25, 0.3) is 0 Å². The number of hydrogen-bond donors (Lipinski definition) is 1. The standard InChI is InChI=1S/C25H25NO6S/c1-30-23-9-8-16-12-21-19-14-24(31-2)22(27)13-17(19)10-11-26(21)15-20(16)25(23)32-33(28,29)18-6-4-3-5-7-18/h3-9,13-14,21,27H,10-12,15H2,1-2H3. The zero-order chi connectivity index (χ0) is 23.2. The van der Waals surface area contributed by atoms with E-state index in [4.69, 9.17) is 13.7 Å². The average molecular weight is 468 g/mol. The Balaban J connectivity index is 1.55. The van der Waals surface area contributed by atoms with E-state index < -0.39 is 10.1 Å². The van der Waals surface area contributed by atoms with Crippen LogP contribution in [-0.4, -0.2) is 39.2 Å². The number of benzene rings is 3. The SMILES string of the molecule is COc1cc2c(cc1O)CCN1Cc3c(ccc(OC)c3OS(=O)(=O)c3ccccc3)CC21. The molecule has 3 aromatic rings. The van der Waals surface area contributed by atoms with Crippen LogP contribution in [0, 0.1) is 0 Å². The van der Waals surface area contributed by atoms with Crippen molar-refractivity contribution < 1.29 is 27.2 Å². The van der Waals surface area contributed by atoms with Crippen molar-refractivity contribution in [3.63, 3.8) is 0 Å². The lowest BCUT2D eigenvalue weighted by molar-refractivity contribution is 0.158. The zero-order valence-electron chi connectivity index (χ0n) is 18.4. The fourth-order valence-corrected chi connectivity index (χ4v) is 5.77. The number of ether oxygens (including phenoxy) is 2. The molecular formula is C25H25NO6S. The van der Waals surface area contributed by atoms with Crippen molar-refractivity contribution >= 4 is 10.1 Å². The molecule has 0 saturated heterocycles. The lowest BCUT2D eigenvalue weighted by atomic mass is 9.83. The predicted octanol–water partition coefficient (Wildman–Crippen LogP) is 3.83. The van der Waals surface area contributed by atoms with Crippen LogP contribution in [0.2, 0.25) is 0 Å². The van der Waals surface area contributed by atoms with Gasteiger partial charge in [-0.1, -0.05) is 24.3 Å². The number of aromatic hydroxyl groups is 1. The average Bonchev–Trinajstić information content (AvgIpc) is 2.83. The molecule has 1 atom stereocenters. The van der Waals surface area contributed by atoms with Crippen LogP contribution in [0.4, 0.5) is 0 Å². The monoisotopic (exact) mass is 467 g/mol. The summed E-state index contributed by atoms with van der Waals surface area (Å²) in [6, 6.07) is 15.6. The maximum atomic E-state index is 13.0. The molecule has 2 heterocycles. The van der Waals surface area contributed by atoms with Gasteiger partial charge in [-0.05, 0) is 59.9 Å². The number of fused-ring (bicyclic) bond motifs is 4. The van der Waals surface area contributed by atoms with Gasteiger partial charge in [0.15, 0.2) is 23.0 Å². The molecule has 0 radical (unpaired) electrons. The van der Waals surface area contributed by atoms with Gasteiger partial charge in [-0.2, -0.15) is 8.42 Å². The van der Waals surface area contributed by atoms with Crippen LogP contribution in [0.15, 0.2) is 59.5 Å². The van der Waals surface area contributed by atoms with Crippen molar-refractivity contribution in [1.82, 2.24) is 4.90 Å². The lowest BCUT2D eigenvalue weighted by Crippen LogP contribution is -2.39. The second-order valence-corrected chi connectivity index (χ2v) is 9.79. The quantitative estimate of drug-likeness (QED) is 0.571. The highest BCUT2D eigenvalue weighted by Crippen LogP contribution is 2.46. The van der Waals surface area contributed by atoms with Gasteiger partial charge in [0.1, 0.15) is 4.90 Å². The maximum absolute atomic E-state index is 13.0. The summed E-state index contributed by atoms with van der Waals surface area (Å²) >= 11 is 0. The van der Waals surface area contributed by atoms with Gasteiger partial charge in [0, 0.05) is 24.7 Å². The molecule has 8 heteroatoms. The van der Waals surface area contributed by atoms with E-state index in [1.165, 1.54) is 19.2 Å². The first kappa shape index (κ1) is 21.6. The maximum Gasteiger partial charge on any atom is 0.339 e. The smallest absolute Gasteiger partial charge is 0.339 e. The summed E-state index contributed by atoms with van der Waals surface area (Å²) in [5.41, 5.74) is 4.06. The van der Waals surface area contributed by atoms with Crippen LogP contribution in [0.3, 0.4) is 0 Å². The van der Waals surface area contributed by atoms with E-state index in [0.29, 0.717) is 24.5 Å². The Morgan fingerprint density at radius 2 is 1.73 bits per heavy atom. The van der Waals surface area contributed by atoms with Gasteiger partial charge in [0.05, 0.1) is 14.2 Å². The van der Waals surface area contributed by atoms with Gasteiger partial charge < -0.3 is 18.8 Å². The van der Waals surface area contributed by atoms with E-state index in [9.17, 15) is 13.5 Å². The molecule has 0 aliphatic carbocycles. The molecule has 0 bridgehead atoms. The number of methoxy groups -OCH3 is 2. The second kappa shape index (κ2) is 8.28. The zero-order valence-corrected chi connectivity index (χ0v) is 19.3. The summed E-state index contributed by atoms with van der Waals surface area (Å²) in [5, 5.41) is 10.2. The predicted molar refractivity (Wildman–Crippen MR) is 122 cm³/mol. The molecule has 3 aromatic carbocycles. The molecule has 33 heavy (non-hydrogen) atoms. The van der Waals surface area contributed by atoms with E-state index in [1.54, 1.807) is 37.4 Å². The molecule has 1 unspecified atom stereocenters. The van der Waals surface area contributed by atoms with Crippen LogP contribution in [0.25, 0.3) is 0 Å². The third-order valence-corrected chi connectivity index (χ3v) is 7.69. The van der Waals surface area contributed by atoms with Crippen molar-refractivity contribution in [3.05, 3.63) is 76.9 Å². The summed E-state index contributed by atoms with van der Waals surface area (Å²) in [6.45, 7) is 1.31. The Morgan fingerprint density at radius 1 is 0.970 bits per heavy atom. The normalized spacial score (nSPS) is 17.5. The molecule has 2 aliphatic heterocycles. The van der Waals surface area contributed by atoms with Crippen LogP contribution in [0.5, 0.6) is 23.0 Å². The third-order valence-electron chi connectivity index (χ3n) is 6.45. The fraction of sp³-hybridized carbons (Fsp3) is 0.280. The van der Waals surface area contributed by atoms with Gasteiger partial charge in [-0.25, -0.2) is 0 Å². The Hall–Kier alpha value is -3.23. The van der Waals surface area contributed by atoms with Crippen molar-refractivity contribution in [2.45, 2.75) is 30.3 Å². The van der Waals surface area contributed by atoms with Gasteiger partial charge in [-0.3, -0.25) is 4.90 Å². The van der Waals surface area contributed by atoms with Crippen LogP contribution in [0.1, 0.15) is 28.3 Å². The summed E-state index contributed by atoms with van der Waals surface area (Å²) in [7, 11) is -0.966. The van der Waals surface area contributed by atoms with Crippen molar-refractivity contribution in [1.29, 1.82) is 0 Å². The van der Waals surface area contributed by atoms with E-state index in [1.807, 2.05) is 12.1 Å². The lowest BCUT2D eigenvalue weighted by Gasteiger charge is -2.42. The Kier molecular flexibility index (Phi) is 5.42. The highest BCUT2D eigenvalue weighted by molar-refractivity contribution is 7.87. The van der Waals surface area contributed by atoms with Gasteiger partial charge in [-0.15, -0.1) is 0 Å². The number of phenolic OH excluding ortho intramolecular Hbond substituents is 1. The van der Waals surface area contributed by atoms with Crippen LogP contribution < -0.4 is 13.7 Å². The highest BCUT2D eigenvalue weighted by atomic mass is 32.2. The van der Waals surface area contributed by atoms with Crippen molar-refractivity contribution in [2.24, 2.45) is 0 Å². The minimum atomic E-state index is -4.01. The van der Waals surface area contributed by atoms with Crippen LogP contribution >= 0.6 is 0 Å². The van der Waals surface area contributed by atoms with E-state index in [2.05, 4.69) is 4.90 Å². The highest BCUT2D eigenvalue weighted by Gasteiger charge is 2.36. The molecule has 0 fully saturated rings. The molecule has 172 valence electrons. The first-order valence-electron chi connectivity index (χ1n) is 10.7. The van der Waals surface area contributed by atoms with Crippen molar-refractivity contribution in [3.8, 4) is 23.0 Å². The number of hydrogen-bond acceptors (Lipinski definition) is 7. The topological polar surface area (TPSA) is 85.3 Å². The third kappa shape index (κ3) is 3.79. The summed E-state index contributed by atoms with van der Waals surface area (Å²) < 4.78 is 42.4. The molecule has 0 aromatic heterocycles. The summed E-state index contributed by atoms with van der Waals surface area (Å²) in [6.07, 6.45) is 1.46. The first-order chi connectivity index (χ1) is 15.9. The first-order valence-corrected chi connectivity index (χ1v) is 12.1. The Morgan fingerprint density at radius 3 is 2.45 bits per heavy atom. The van der Waals surface area contributed by atoms with Gasteiger partial charge in [0.2, 0.25) is 0 Å². The molecular weight excluding hydrogens is 442 g/mol. The van der Waals surface area contributed by atoms with Gasteiger partial charge >= 0.3 is 10.1 Å². The molecule has 1 N–H and O–H groups in total. The molecule has 5 rings (SSSR count). The van der Waals surface area contributed by atoms with Crippen molar-refractivity contribution in [2.75, 3.05) is 20.8 Å². The Bertz CT molecular complexity index is 1310. The second-order valence-electron chi connectivity index (χ2n) is 8.25. The number of rotatable bonds is 5. The van der Waals surface area contributed by atoms with E-state index in [0.717, 1.165) is 35.2 Å². The fourth-order valence-electron chi connectivity index (χ4n) is 4.78. The number of phenols is 1. The summed E-state index contributed by atoms with van der Waals surface area (Å²) in [4.78, 5) is 2.40. The molecule has 2 aliphatic rings. The molecule has 0 spiro atoms. The number of nitrogens with zero attached hydrogens (tertiary/aromatic N) is 1. The van der Waals surface area contributed by atoms with E-state index in [-0.39, 0.29) is 22.4 Å². The minimum absolute atomic E-state index is 0.0946. The molecule has 7 nitrogen and oxygen atoms in total.